The molecule has 2 aromatic carbocycles. The van der Waals surface area contributed by atoms with Crippen molar-refractivity contribution in [3.05, 3.63) is 42.5 Å². The second-order valence-corrected chi connectivity index (χ2v) is 7.48. The fourth-order valence-electron chi connectivity index (χ4n) is 2.60. The van der Waals surface area contributed by atoms with Gasteiger partial charge in [0.2, 0.25) is 10.0 Å². The van der Waals surface area contributed by atoms with Crippen molar-refractivity contribution in [2.75, 3.05) is 13.1 Å². The molecule has 25 heavy (non-hydrogen) atoms. The van der Waals surface area contributed by atoms with Crippen LogP contribution >= 0.6 is 0 Å². The van der Waals surface area contributed by atoms with Crippen molar-refractivity contribution in [2.45, 2.75) is 24.8 Å². The van der Waals surface area contributed by atoms with Crippen LogP contribution in [0.3, 0.4) is 0 Å². The van der Waals surface area contributed by atoms with Gasteiger partial charge in [-0.2, -0.15) is 0 Å². The highest BCUT2D eigenvalue weighted by Gasteiger charge is 2.22. The molecule has 0 amide bonds. The van der Waals surface area contributed by atoms with E-state index in [-0.39, 0.29) is 17.2 Å². The SMILES string of the molecule is CC[N]CC(=O)C(C)NS(=O)(=O)c1ccc2oc3ccccc3c2c1. The first-order valence-electron chi connectivity index (χ1n) is 8.02. The Morgan fingerprint density at radius 2 is 1.88 bits per heavy atom. The first-order valence-corrected chi connectivity index (χ1v) is 9.50. The summed E-state index contributed by atoms with van der Waals surface area (Å²) in [5, 5.41) is 5.54. The largest absolute Gasteiger partial charge is 0.456 e. The van der Waals surface area contributed by atoms with Crippen molar-refractivity contribution >= 4 is 37.7 Å². The maximum atomic E-state index is 12.6. The highest BCUT2D eigenvalue weighted by atomic mass is 32.2. The molecule has 0 aliphatic rings. The molecule has 3 rings (SSSR count). The highest BCUT2D eigenvalue weighted by Crippen LogP contribution is 2.30. The number of hydrogen-bond acceptors (Lipinski definition) is 4. The van der Waals surface area contributed by atoms with E-state index in [4.69, 9.17) is 4.42 Å². The lowest BCUT2D eigenvalue weighted by atomic mass is 10.1. The van der Waals surface area contributed by atoms with Gasteiger partial charge in [0.25, 0.3) is 0 Å². The summed E-state index contributed by atoms with van der Waals surface area (Å²) in [7, 11) is -3.82. The van der Waals surface area contributed by atoms with Crippen LogP contribution in [-0.4, -0.2) is 33.3 Å². The van der Waals surface area contributed by atoms with E-state index in [2.05, 4.69) is 10.0 Å². The van der Waals surface area contributed by atoms with E-state index in [0.29, 0.717) is 17.7 Å². The third-order valence-corrected chi connectivity index (χ3v) is 5.50. The Hall–Kier alpha value is -2.22. The molecule has 0 spiro atoms. The number of likely N-dealkylation sites (N-methyl/N-ethyl adjacent to an activating group) is 1. The first kappa shape index (κ1) is 17.6. The molecule has 1 atom stereocenters. The van der Waals surface area contributed by atoms with Crippen LogP contribution in [0.25, 0.3) is 21.9 Å². The van der Waals surface area contributed by atoms with Gasteiger partial charge in [-0.3, -0.25) is 4.79 Å². The summed E-state index contributed by atoms with van der Waals surface area (Å²) in [5.41, 5.74) is 1.32. The Morgan fingerprint density at radius 1 is 1.16 bits per heavy atom. The Bertz CT molecular complexity index is 1020. The van der Waals surface area contributed by atoms with Crippen LogP contribution in [0.5, 0.6) is 0 Å². The van der Waals surface area contributed by atoms with Gasteiger partial charge in [0.15, 0.2) is 5.78 Å². The molecular weight excluding hydrogens is 340 g/mol. The Morgan fingerprint density at radius 3 is 2.64 bits per heavy atom. The minimum atomic E-state index is -3.82. The Balaban J connectivity index is 1.91. The number of nitrogens with zero attached hydrogens (tertiary/aromatic N) is 1. The lowest BCUT2D eigenvalue weighted by Gasteiger charge is -2.13. The summed E-state index contributed by atoms with van der Waals surface area (Å²) in [6, 6.07) is 11.3. The number of carbonyl (C=O) groups excluding carboxylic acids is 1. The number of furan rings is 1. The smallest absolute Gasteiger partial charge is 0.241 e. The maximum Gasteiger partial charge on any atom is 0.241 e. The molecule has 0 aliphatic heterocycles. The van der Waals surface area contributed by atoms with Gasteiger partial charge < -0.3 is 4.42 Å². The zero-order valence-corrected chi connectivity index (χ0v) is 14.8. The minimum absolute atomic E-state index is 0.00555. The Kier molecular flexibility index (Phi) is 4.89. The number of para-hydroxylation sites is 1. The van der Waals surface area contributed by atoms with Crippen LogP contribution in [0, 0.1) is 0 Å². The van der Waals surface area contributed by atoms with Gasteiger partial charge in [-0.1, -0.05) is 25.1 Å². The average Bonchev–Trinajstić information content (AvgIpc) is 2.97. The van der Waals surface area contributed by atoms with Gasteiger partial charge >= 0.3 is 0 Å². The molecule has 1 aromatic heterocycles. The molecule has 0 fully saturated rings. The van der Waals surface area contributed by atoms with Crippen LogP contribution in [0.4, 0.5) is 0 Å². The monoisotopic (exact) mass is 359 g/mol. The van der Waals surface area contributed by atoms with E-state index in [1.54, 1.807) is 12.1 Å². The molecule has 3 aromatic rings. The zero-order valence-electron chi connectivity index (χ0n) is 14.0. The number of benzene rings is 2. The van der Waals surface area contributed by atoms with Gasteiger partial charge in [-0.05, 0) is 31.2 Å². The van der Waals surface area contributed by atoms with E-state index in [9.17, 15) is 13.2 Å². The number of carbonyl (C=O) groups is 1. The number of fused-ring (bicyclic) bond motifs is 3. The van der Waals surface area contributed by atoms with E-state index < -0.39 is 16.1 Å². The van der Waals surface area contributed by atoms with Crippen molar-refractivity contribution in [1.82, 2.24) is 10.0 Å². The van der Waals surface area contributed by atoms with Crippen molar-refractivity contribution in [2.24, 2.45) is 0 Å². The molecule has 1 N–H and O–H groups in total. The van der Waals surface area contributed by atoms with Crippen LogP contribution in [0.2, 0.25) is 0 Å². The lowest BCUT2D eigenvalue weighted by Crippen LogP contribution is -2.41. The minimum Gasteiger partial charge on any atom is -0.456 e. The number of ketones is 1. The number of Topliss-reactive ketones (excluding diaryl/α,β-unsaturated/α-hetero) is 1. The van der Waals surface area contributed by atoms with E-state index >= 15 is 0 Å². The number of nitrogens with one attached hydrogen (secondary N) is 1. The fraction of sp³-hybridized carbons (Fsp3) is 0.278. The summed E-state index contributed by atoms with van der Waals surface area (Å²) >= 11 is 0. The lowest BCUT2D eigenvalue weighted by molar-refractivity contribution is -0.119. The fourth-order valence-corrected chi connectivity index (χ4v) is 3.85. The molecule has 1 radical (unpaired) electrons. The van der Waals surface area contributed by atoms with Crippen molar-refractivity contribution in [1.29, 1.82) is 0 Å². The van der Waals surface area contributed by atoms with E-state index in [1.807, 2.05) is 31.2 Å². The van der Waals surface area contributed by atoms with Crippen molar-refractivity contribution < 1.29 is 17.6 Å². The van der Waals surface area contributed by atoms with Crippen LogP contribution in [0.15, 0.2) is 51.8 Å². The molecule has 0 saturated heterocycles. The van der Waals surface area contributed by atoms with Gasteiger partial charge in [0.05, 0.1) is 17.5 Å². The molecule has 131 valence electrons. The Labute approximate surface area is 146 Å². The predicted octanol–water partition coefficient (Wildman–Crippen LogP) is 2.45. The summed E-state index contributed by atoms with van der Waals surface area (Å²) < 4.78 is 33.3. The summed E-state index contributed by atoms with van der Waals surface area (Å²) in [5.74, 6) is -0.264. The van der Waals surface area contributed by atoms with E-state index in [1.165, 1.54) is 13.0 Å². The molecule has 1 heterocycles. The van der Waals surface area contributed by atoms with Crippen LogP contribution in [0.1, 0.15) is 13.8 Å². The number of hydrogen-bond donors (Lipinski definition) is 1. The van der Waals surface area contributed by atoms with Gasteiger partial charge in [0.1, 0.15) is 11.2 Å². The second kappa shape index (κ2) is 6.95. The van der Waals surface area contributed by atoms with Crippen LogP contribution < -0.4 is 10.0 Å². The quantitative estimate of drug-likeness (QED) is 0.701. The number of sulfonamides is 1. The zero-order chi connectivity index (χ0) is 18.0. The van der Waals surface area contributed by atoms with Gasteiger partial charge in [0, 0.05) is 17.3 Å². The first-order chi connectivity index (χ1) is 11.9. The molecule has 7 heteroatoms. The summed E-state index contributed by atoms with van der Waals surface area (Å²) in [6.07, 6.45) is 0. The molecular formula is C18H19N2O4S. The summed E-state index contributed by atoms with van der Waals surface area (Å²) in [4.78, 5) is 12.0. The third-order valence-electron chi connectivity index (χ3n) is 3.96. The molecule has 6 nitrogen and oxygen atoms in total. The maximum absolute atomic E-state index is 12.6. The van der Waals surface area contributed by atoms with E-state index in [0.717, 1.165) is 10.8 Å². The van der Waals surface area contributed by atoms with Gasteiger partial charge in [-0.25, -0.2) is 18.5 Å². The van der Waals surface area contributed by atoms with Crippen molar-refractivity contribution in [3.8, 4) is 0 Å². The molecule has 0 aliphatic carbocycles. The third kappa shape index (κ3) is 3.58. The average molecular weight is 359 g/mol. The van der Waals surface area contributed by atoms with Gasteiger partial charge in [-0.15, -0.1) is 0 Å². The predicted molar refractivity (Wildman–Crippen MR) is 96.1 cm³/mol. The highest BCUT2D eigenvalue weighted by molar-refractivity contribution is 7.89. The molecule has 0 bridgehead atoms. The summed E-state index contributed by atoms with van der Waals surface area (Å²) in [6.45, 7) is 3.88. The standard InChI is InChI=1S/C18H19N2O4S/c1-3-19-11-16(21)12(2)20-25(22,23)13-8-9-18-15(10-13)14-6-4-5-7-17(14)24-18/h4-10,12,20H,3,11H2,1-2H3. The molecule has 0 saturated carbocycles. The second-order valence-electron chi connectivity index (χ2n) is 5.76. The van der Waals surface area contributed by atoms with Crippen LogP contribution in [-0.2, 0) is 14.8 Å². The van der Waals surface area contributed by atoms with Crippen molar-refractivity contribution in [3.63, 3.8) is 0 Å². The topological polar surface area (TPSA) is 90.5 Å². The normalized spacial score (nSPS) is 13.4. The molecule has 1 unspecified atom stereocenters. The number of rotatable bonds is 7.